The zero-order valence-electron chi connectivity index (χ0n) is 31.5. The molecule has 0 saturated heterocycles. The number of fused-ring (bicyclic) bond motifs is 2. The fourth-order valence-corrected chi connectivity index (χ4v) is 11.5. The van der Waals surface area contributed by atoms with Crippen LogP contribution >= 0.6 is 15.2 Å². The van der Waals surface area contributed by atoms with E-state index in [1.165, 1.54) is 0 Å². The molecule has 2 unspecified atom stereocenters. The van der Waals surface area contributed by atoms with Crippen molar-refractivity contribution in [1.29, 1.82) is 0 Å². The maximum atomic E-state index is 13.6. The van der Waals surface area contributed by atoms with E-state index in [0.29, 0.717) is 57.1 Å². The van der Waals surface area contributed by atoms with Crippen LogP contribution in [-0.4, -0.2) is 47.3 Å². The second-order valence-electron chi connectivity index (χ2n) is 16.6. The van der Waals surface area contributed by atoms with E-state index in [2.05, 4.69) is 10.6 Å². The SMILES string of the molecule is CP(=O)([O-])OC1CCC(C2CCC(C(=O)Nc3cccc4nc5cccc(NC(=O)C6CCC(C7CCC(OP(C)(=O)[O-])CC7)CC6)c5nc34)CC2)CC1. The topological polar surface area (TPSA) is 183 Å². The minimum Gasteiger partial charge on any atom is -0.779 e. The highest BCUT2D eigenvalue weighted by molar-refractivity contribution is 7.50. The highest BCUT2D eigenvalue weighted by atomic mass is 31.2. The summed E-state index contributed by atoms with van der Waals surface area (Å²) in [7, 11) is -7.44. The molecule has 2 N–H and O–H groups in total. The van der Waals surface area contributed by atoms with Gasteiger partial charge >= 0.3 is 0 Å². The maximum absolute atomic E-state index is 13.6. The number of carbonyl (C=O) groups is 2. The van der Waals surface area contributed by atoms with Gasteiger partial charge in [0.25, 0.3) is 0 Å². The first kappa shape index (κ1) is 39.5. The van der Waals surface area contributed by atoms with Gasteiger partial charge in [-0.15, -0.1) is 0 Å². The summed E-state index contributed by atoms with van der Waals surface area (Å²) in [5.74, 6) is 1.98. The van der Waals surface area contributed by atoms with Gasteiger partial charge in [0.2, 0.25) is 11.8 Å². The molecule has 4 fully saturated rings. The zero-order valence-corrected chi connectivity index (χ0v) is 33.2. The molecule has 2 atom stereocenters. The second kappa shape index (κ2) is 16.8. The summed E-state index contributed by atoms with van der Waals surface area (Å²) in [6, 6.07) is 11.2. The molecule has 1 heterocycles. The van der Waals surface area contributed by atoms with Crippen LogP contribution in [0.4, 0.5) is 11.4 Å². The predicted molar refractivity (Wildman–Crippen MR) is 206 cm³/mol. The molecule has 294 valence electrons. The lowest BCUT2D eigenvalue weighted by atomic mass is 9.70. The third-order valence-corrected chi connectivity index (χ3v) is 14.1. The van der Waals surface area contributed by atoms with Crippen molar-refractivity contribution in [2.24, 2.45) is 35.5 Å². The van der Waals surface area contributed by atoms with Gasteiger partial charge in [0.1, 0.15) is 26.2 Å². The van der Waals surface area contributed by atoms with Crippen LogP contribution in [0.3, 0.4) is 0 Å². The summed E-state index contributed by atoms with van der Waals surface area (Å²) in [6.07, 6.45) is 13.7. The highest BCUT2D eigenvalue weighted by Crippen LogP contribution is 2.46. The van der Waals surface area contributed by atoms with Gasteiger partial charge < -0.3 is 38.6 Å². The number of nitrogens with zero attached hydrogens (tertiary/aromatic N) is 2. The number of benzene rings is 2. The van der Waals surface area contributed by atoms with E-state index < -0.39 is 15.2 Å². The van der Waals surface area contributed by atoms with Gasteiger partial charge in [0.05, 0.1) is 34.6 Å². The number of para-hydroxylation sites is 2. The molecule has 4 aliphatic rings. The van der Waals surface area contributed by atoms with Gasteiger partial charge in [0.15, 0.2) is 0 Å². The van der Waals surface area contributed by atoms with E-state index in [9.17, 15) is 28.5 Å². The van der Waals surface area contributed by atoms with Gasteiger partial charge in [-0.05, 0) is 151 Å². The van der Waals surface area contributed by atoms with Gasteiger partial charge in [0, 0.05) is 25.2 Å². The molecule has 4 aliphatic carbocycles. The molecule has 12 nitrogen and oxygen atoms in total. The fourth-order valence-electron chi connectivity index (χ4n) is 9.97. The molecule has 2 amide bonds. The minimum atomic E-state index is -3.72. The van der Waals surface area contributed by atoms with Gasteiger partial charge in [-0.1, -0.05) is 12.1 Å². The lowest BCUT2D eigenvalue weighted by Crippen LogP contribution is -2.32. The number of rotatable bonds is 10. The first-order chi connectivity index (χ1) is 25.8. The number of aromatic nitrogens is 2. The Hall–Kier alpha value is -2.72. The fraction of sp³-hybridized carbons (Fsp3) is 0.650. The van der Waals surface area contributed by atoms with Crippen LogP contribution < -0.4 is 20.4 Å². The van der Waals surface area contributed by atoms with Gasteiger partial charge in [-0.2, -0.15) is 0 Å². The molecule has 0 spiro atoms. The molecule has 1 aromatic heterocycles. The summed E-state index contributed by atoms with van der Waals surface area (Å²) in [4.78, 5) is 60.2. The van der Waals surface area contributed by atoms with Crippen molar-refractivity contribution >= 4 is 60.4 Å². The maximum Gasteiger partial charge on any atom is 0.227 e. The van der Waals surface area contributed by atoms with Crippen molar-refractivity contribution < 1.29 is 37.6 Å². The van der Waals surface area contributed by atoms with Gasteiger partial charge in [-0.25, -0.2) is 9.97 Å². The third kappa shape index (κ3) is 9.98. The average molecular weight is 781 g/mol. The van der Waals surface area contributed by atoms with Crippen molar-refractivity contribution in [3.63, 3.8) is 0 Å². The lowest BCUT2D eigenvalue weighted by molar-refractivity contribution is -0.203. The Kier molecular flexibility index (Phi) is 12.3. The smallest absolute Gasteiger partial charge is 0.227 e. The lowest BCUT2D eigenvalue weighted by Gasteiger charge is -2.38. The summed E-state index contributed by atoms with van der Waals surface area (Å²) in [5.41, 5.74) is 3.71. The second-order valence-corrected chi connectivity index (χ2v) is 20.1. The molecule has 0 aliphatic heterocycles. The van der Waals surface area contributed by atoms with Crippen LogP contribution in [0.1, 0.15) is 103 Å². The first-order valence-electron chi connectivity index (χ1n) is 20.0. The van der Waals surface area contributed by atoms with Crippen LogP contribution in [0.15, 0.2) is 36.4 Å². The van der Waals surface area contributed by atoms with Crippen molar-refractivity contribution in [3.05, 3.63) is 36.4 Å². The van der Waals surface area contributed by atoms with Crippen LogP contribution in [0.5, 0.6) is 0 Å². The Morgan fingerprint density at radius 1 is 0.556 bits per heavy atom. The number of hydrogen-bond donors (Lipinski definition) is 2. The van der Waals surface area contributed by atoms with Gasteiger partial charge in [-0.3, -0.25) is 9.59 Å². The summed E-state index contributed by atoms with van der Waals surface area (Å²) >= 11 is 0. The molecular formula is C40H54N4O8P2-2. The monoisotopic (exact) mass is 780 g/mol. The largest absolute Gasteiger partial charge is 0.779 e. The molecule has 2 aromatic carbocycles. The van der Waals surface area contributed by atoms with Crippen molar-refractivity contribution in [2.45, 2.75) is 115 Å². The standard InChI is InChI=1S/C40H56N4O8P2/c1-53(47,48)51-31-21-17-27(18-22-31)25-9-13-29(14-10-25)39(45)42-35-7-3-5-33-37(35)44-38-34(41-33)6-4-8-36(38)43-40(46)30-15-11-26(12-16-30)28-19-23-32(24-20-28)52-54(2,49)50/h3-8,25-32H,9-24H2,1-2H3,(H,42,45)(H,43,46)(H,47,48)(H,49,50)/p-2. The molecule has 4 saturated carbocycles. The van der Waals surface area contributed by atoms with E-state index in [1.54, 1.807) is 0 Å². The average Bonchev–Trinajstić information content (AvgIpc) is 3.14. The first-order valence-corrected chi connectivity index (χ1v) is 24.0. The number of nitrogens with one attached hydrogen (secondary N) is 2. The van der Waals surface area contributed by atoms with E-state index in [-0.39, 0.29) is 35.9 Å². The highest BCUT2D eigenvalue weighted by Gasteiger charge is 2.35. The minimum absolute atomic E-state index is 0.0121. The molecule has 54 heavy (non-hydrogen) atoms. The number of carbonyl (C=O) groups excluding carboxylic acids is 2. The number of anilines is 2. The van der Waals surface area contributed by atoms with Crippen molar-refractivity contribution in [2.75, 3.05) is 24.0 Å². The molecule has 7 rings (SSSR count). The molecule has 3 aromatic rings. The Morgan fingerprint density at radius 3 is 1.22 bits per heavy atom. The molecule has 0 bridgehead atoms. The van der Waals surface area contributed by atoms with E-state index in [0.717, 1.165) is 116 Å². The Bertz CT molecular complexity index is 1770. The molecule has 0 radical (unpaired) electrons. The Morgan fingerprint density at radius 2 is 0.889 bits per heavy atom. The zero-order chi connectivity index (χ0) is 38.0. The molecule has 14 heteroatoms. The third-order valence-electron chi connectivity index (χ3n) is 12.7. The van der Waals surface area contributed by atoms with E-state index >= 15 is 0 Å². The van der Waals surface area contributed by atoms with Crippen LogP contribution in [0, 0.1) is 35.5 Å². The summed E-state index contributed by atoms with van der Waals surface area (Å²) in [5, 5.41) is 6.32. The van der Waals surface area contributed by atoms with E-state index in [4.69, 9.17) is 19.0 Å². The van der Waals surface area contributed by atoms with E-state index in [1.807, 2.05) is 36.4 Å². The number of amides is 2. The summed E-state index contributed by atoms with van der Waals surface area (Å²) < 4.78 is 33.6. The normalized spacial score (nSPS) is 31.6. The molecular weight excluding hydrogens is 726 g/mol. The van der Waals surface area contributed by atoms with Crippen LogP contribution in [0.25, 0.3) is 22.1 Å². The van der Waals surface area contributed by atoms with Crippen LogP contribution in [-0.2, 0) is 27.8 Å². The summed E-state index contributed by atoms with van der Waals surface area (Å²) in [6.45, 7) is 2.28. The van der Waals surface area contributed by atoms with Crippen molar-refractivity contribution in [3.8, 4) is 0 Å². The predicted octanol–water partition coefficient (Wildman–Crippen LogP) is 7.79. The Balaban J connectivity index is 0.940. The van der Waals surface area contributed by atoms with Crippen molar-refractivity contribution in [1.82, 2.24) is 9.97 Å². The van der Waals surface area contributed by atoms with Crippen LogP contribution in [0.2, 0.25) is 0 Å². The Labute approximate surface area is 318 Å². The number of hydrogen-bond acceptors (Lipinski definition) is 10. The quantitative estimate of drug-likeness (QED) is 0.152.